The van der Waals surface area contributed by atoms with Crippen LogP contribution >= 0.6 is 0 Å². The predicted octanol–water partition coefficient (Wildman–Crippen LogP) is 1.78. The van der Waals surface area contributed by atoms with E-state index in [0.29, 0.717) is 17.8 Å². The third-order valence-corrected chi connectivity index (χ3v) is 3.08. The van der Waals surface area contributed by atoms with E-state index in [-0.39, 0.29) is 11.7 Å². The van der Waals surface area contributed by atoms with Gasteiger partial charge in [-0.2, -0.15) is 0 Å². The van der Waals surface area contributed by atoms with Crippen molar-refractivity contribution in [1.82, 2.24) is 9.97 Å². The molecular formula is C15H13N5O. The van der Waals surface area contributed by atoms with E-state index in [2.05, 4.69) is 20.3 Å². The number of nitrogens with two attached hydrogens (primary N) is 1. The first kappa shape index (κ1) is 13.0. The number of pyridine rings is 2. The van der Waals surface area contributed by atoms with Crippen molar-refractivity contribution in [3.8, 4) is 0 Å². The molecule has 0 aromatic carbocycles. The molecule has 0 spiro atoms. The van der Waals surface area contributed by atoms with Gasteiger partial charge in [0.15, 0.2) is 0 Å². The Labute approximate surface area is 121 Å². The third-order valence-electron chi connectivity index (χ3n) is 3.08. The number of carbonyl (C=O) groups excluding carboxylic acids is 1. The number of nitrogens with zero attached hydrogens (tertiary/aromatic N) is 3. The summed E-state index contributed by atoms with van der Waals surface area (Å²) in [5, 5.41) is 2.76. The van der Waals surface area contributed by atoms with E-state index in [1.807, 2.05) is 6.08 Å². The van der Waals surface area contributed by atoms with Gasteiger partial charge in [0, 0.05) is 36.1 Å². The molecule has 0 radical (unpaired) electrons. The average molecular weight is 279 g/mol. The van der Waals surface area contributed by atoms with Crippen molar-refractivity contribution in [3.05, 3.63) is 54.0 Å². The van der Waals surface area contributed by atoms with Gasteiger partial charge in [0.25, 0.3) is 5.91 Å². The Balaban J connectivity index is 1.88. The summed E-state index contributed by atoms with van der Waals surface area (Å²) in [6.07, 6.45) is 8.58. The molecule has 104 valence electrons. The van der Waals surface area contributed by atoms with Crippen molar-refractivity contribution in [3.63, 3.8) is 0 Å². The van der Waals surface area contributed by atoms with Gasteiger partial charge in [-0.05, 0) is 23.8 Å². The zero-order chi connectivity index (χ0) is 14.7. The molecule has 3 N–H and O–H groups in total. The van der Waals surface area contributed by atoms with Crippen LogP contribution in [0.25, 0.3) is 5.57 Å². The Morgan fingerprint density at radius 2 is 2.10 bits per heavy atom. The molecule has 0 atom stereocenters. The lowest BCUT2D eigenvalue weighted by molar-refractivity contribution is 0.102. The van der Waals surface area contributed by atoms with Crippen molar-refractivity contribution < 1.29 is 4.79 Å². The summed E-state index contributed by atoms with van der Waals surface area (Å²) in [5.41, 5.74) is 8.57. The van der Waals surface area contributed by atoms with Crippen LogP contribution in [0.5, 0.6) is 0 Å². The maximum absolute atomic E-state index is 12.3. The fourth-order valence-electron chi connectivity index (χ4n) is 2.00. The van der Waals surface area contributed by atoms with Crippen molar-refractivity contribution in [2.24, 2.45) is 4.99 Å². The number of allylic oxidation sites excluding steroid dienone is 1. The standard InChI is InChI=1S/C15H13N5O/c16-14-13(15(21)20-12-2-5-17-6-3-12)7-11(9-19-14)10-1-4-18-8-10/h1-3,5-9H,4H2,(H2,16,19)(H,17,20,21). The molecule has 0 bridgehead atoms. The summed E-state index contributed by atoms with van der Waals surface area (Å²) >= 11 is 0. The van der Waals surface area contributed by atoms with Gasteiger partial charge >= 0.3 is 0 Å². The zero-order valence-corrected chi connectivity index (χ0v) is 11.2. The van der Waals surface area contributed by atoms with Crippen LogP contribution in [0.1, 0.15) is 15.9 Å². The maximum Gasteiger partial charge on any atom is 0.259 e. The molecule has 0 fully saturated rings. The van der Waals surface area contributed by atoms with Crippen molar-refractivity contribution >= 4 is 29.2 Å². The molecular weight excluding hydrogens is 266 g/mol. The van der Waals surface area contributed by atoms with Crippen molar-refractivity contribution in [2.45, 2.75) is 0 Å². The first-order valence-corrected chi connectivity index (χ1v) is 6.41. The second-order valence-electron chi connectivity index (χ2n) is 4.50. The predicted molar refractivity (Wildman–Crippen MR) is 82.2 cm³/mol. The Kier molecular flexibility index (Phi) is 3.42. The van der Waals surface area contributed by atoms with Crippen LogP contribution < -0.4 is 11.1 Å². The minimum atomic E-state index is -0.302. The smallest absolute Gasteiger partial charge is 0.259 e. The van der Waals surface area contributed by atoms with Gasteiger partial charge in [-0.1, -0.05) is 6.08 Å². The first-order valence-electron chi connectivity index (χ1n) is 6.41. The third kappa shape index (κ3) is 2.79. The Bertz CT molecular complexity index is 737. The summed E-state index contributed by atoms with van der Waals surface area (Å²) in [6.45, 7) is 0.651. The minimum absolute atomic E-state index is 0.195. The Morgan fingerprint density at radius 1 is 1.29 bits per heavy atom. The lowest BCUT2D eigenvalue weighted by Crippen LogP contribution is -2.15. The molecule has 3 heterocycles. The molecule has 2 aromatic rings. The average Bonchev–Trinajstić information content (AvgIpc) is 3.03. The van der Waals surface area contributed by atoms with Crippen LogP contribution in [0.4, 0.5) is 11.5 Å². The number of aliphatic imine (C=N–C) groups is 1. The highest BCUT2D eigenvalue weighted by Crippen LogP contribution is 2.20. The molecule has 6 heteroatoms. The fourth-order valence-corrected chi connectivity index (χ4v) is 2.00. The monoisotopic (exact) mass is 279 g/mol. The summed E-state index contributed by atoms with van der Waals surface area (Å²) in [7, 11) is 0. The lowest BCUT2D eigenvalue weighted by Gasteiger charge is -2.08. The molecule has 2 aromatic heterocycles. The zero-order valence-electron chi connectivity index (χ0n) is 11.2. The van der Waals surface area contributed by atoms with E-state index in [1.54, 1.807) is 43.0 Å². The van der Waals surface area contributed by atoms with Crippen LogP contribution in [-0.2, 0) is 0 Å². The van der Waals surface area contributed by atoms with Crippen LogP contribution in [0.3, 0.4) is 0 Å². The second-order valence-corrected chi connectivity index (χ2v) is 4.50. The number of hydrogen-bond acceptors (Lipinski definition) is 5. The molecule has 0 aliphatic carbocycles. The van der Waals surface area contributed by atoms with Crippen molar-refractivity contribution in [1.29, 1.82) is 0 Å². The summed E-state index contributed by atoms with van der Waals surface area (Å²) in [4.78, 5) is 24.4. The maximum atomic E-state index is 12.3. The van der Waals surface area contributed by atoms with Crippen LogP contribution in [0.15, 0.2) is 47.9 Å². The summed E-state index contributed by atoms with van der Waals surface area (Å²) in [5.74, 6) is -0.107. The van der Waals surface area contributed by atoms with Gasteiger partial charge in [-0.15, -0.1) is 0 Å². The number of rotatable bonds is 3. The largest absolute Gasteiger partial charge is 0.383 e. The topological polar surface area (TPSA) is 93.3 Å². The first-order chi connectivity index (χ1) is 10.2. The van der Waals surface area contributed by atoms with E-state index in [4.69, 9.17) is 5.73 Å². The Morgan fingerprint density at radius 3 is 2.81 bits per heavy atom. The molecule has 21 heavy (non-hydrogen) atoms. The molecule has 6 nitrogen and oxygen atoms in total. The van der Waals surface area contributed by atoms with Crippen LogP contribution in [0, 0.1) is 0 Å². The van der Waals surface area contributed by atoms with Gasteiger partial charge in [0.2, 0.25) is 0 Å². The van der Waals surface area contributed by atoms with Gasteiger partial charge < -0.3 is 11.1 Å². The van der Waals surface area contributed by atoms with Crippen LogP contribution in [-0.4, -0.2) is 28.6 Å². The number of anilines is 2. The van der Waals surface area contributed by atoms with E-state index >= 15 is 0 Å². The minimum Gasteiger partial charge on any atom is -0.383 e. The highest BCUT2D eigenvalue weighted by molar-refractivity contribution is 6.13. The van der Waals surface area contributed by atoms with Gasteiger partial charge in [0.1, 0.15) is 5.82 Å². The van der Waals surface area contributed by atoms with Crippen LogP contribution in [0.2, 0.25) is 0 Å². The van der Waals surface area contributed by atoms with E-state index in [0.717, 1.165) is 11.1 Å². The summed E-state index contributed by atoms with van der Waals surface area (Å²) in [6, 6.07) is 5.14. The van der Waals surface area contributed by atoms with Gasteiger partial charge in [0.05, 0.1) is 12.1 Å². The molecule has 1 aliphatic heterocycles. The summed E-state index contributed by atoms with van der Waals surface area (Å²) < 4.78 is 0. The highest BCUT2D eigenvalue weighted by Gasteiger charge is 2.14. The second kappa shape index (κ2) is 5.54. The van der Waals surface area contributed by atoms with E-state index < -0.39 is 0 Å². The molecule has 1 aliphatic rings. The molecule has 0 unspecified atom stereocenters. The number of amides is 1. The SMILES string of the molecule is Nc1ncc(C2=CCN=C2)cc1C(=O)Nc1ccncc1. The fraction of sp³-hybridized carbons (Fsp3) is 0.0667. The number of aromatic nitrogens is 2. The van der Waals surface area contributed by atoms with E-state index in [1.165, 1.54) is 0 Å². The van der Waals surface area contributed by atoms with Crippen molar-refractivity contribution in [2.75, 3.05) is 17.6 Å². The number of nitrogens with one attached hydrogen (secondary N) is 1. The highest BCUT2D eigenvalue weighted by atomic mass is 16.1. The molecule has 0 saturated carbocycles. The molecule has 3 rings (SSSR count). The number of hydrogen-bond donors (Lipinski definition) is 2. The number of carbonyl (C=O) groups is 1. The molecule has 1 amide bonds. The lowest BCUT2D eigenvalue weighted by atomic mass is 10.1. The number of nitrogen functional groups attached to an aromatic ring is 1. The van der Waals surface area contributed by atoms with Gasteiger partial charge in [-0.3, -0.25) is 14.8 Å². The quantitative estimate of drug-likeness (QED) is 0.895. The van der Waals surface area contributed by atoms with Gasteiger partial charge in [-0.25, -0.2) is 4.98 Å². The molecule has 0 saturated heterocycles. The van der Waals surface area contributed by atoms with E-state index in [9.17, 15) is 4.79 Å². The normalized spacial score (nSPS) is 13.0. The Hall–Kier alpha value is -3.02.